The highest BCUT2D eigenvalue weighted by Crippen LogP contribution is 2.22. The first-order valence-corrected chi connectivity index (χ1v) is 5.47. The molecule has 1 unspecified atom stereocenters. The Morgan fingerprint density at radius 2 is 2.44 bits per heavy atom. The van der Waals surface area contributed by atoms with Crippen molar-refractivity contribution in [3.8, 4) is 0 Å². The van der Waals surface area contributed by atoms with Gasteiger partial charge in [-0.15, -0.1) is 0 Å². The van der Waals surface area contributed by atoms with E-state index in [1.807, 2.05) is 17.7 Å². The molecule has 1 aromatic rings. The number of ketones is 1. The van der Waals surface area contributed by atoms with Crippen molar-refractivity contribution < 1.29 is 9.53 Å². The maximum Gasteiger partial charge on any atom is 0.163 e. The normalized spacial score (nSPS) is 20.8. The fourth-order valence-electron chi connectivity index (χ4n) is 1.98. The number of hydrogen-bond donors (Lipinski definition) is 0. The van der Waals surface area contributed by atoms with Crippen molar-refractivity contribution in [3.63, 3.8) is 0 Å². The largest absolute Gasteiger partial charge is 0.501 e. The molecule has 0 saturated heterocycles. The zero-order chi connectivity index (χ0) is 11.5. The Morgan fingerprint density at radius 1 is 1.62 bits per heavy atom. The van der Waals surface area contributed by atoms with Crippen molar-refractivity contribution in [1.82, 2.24) is 9.55 Å². The van der Waals surface area contributed by atoms with Gasteiger partial charge in [0.05, 0.1) is 12.9 Å². The van der Waals surface area contributed by atoms with Gasteiger partial charge in [-0.2, -0.15) is 0 Å². The number of aryl methyl sites for hydroxylation is 1. The first-order valence-electron chi connectivity index (χ1n) is 5.47. The lowest BCUT2D eigenvalue weighted by Crippen LogP contribution is -2.23. The van der Waals surface area contributed by atoms with E-state index >= 15 is 0 Å². The van der Waals surface area contributed by atoms with Crippen molar-refractivity contribution >= 4 is 5.78 Å². The molecule has 1 atom stereocenters. The van der Waals surface area contributed by atoms with Crippen molar-refractivity contribution in [2.45, 2.75) is 26.3 Å². The lowest BCUT2D eigenvalue weighted by Gasteiger charge is -2.20. The molecule has 1 aliphatic carbocycles. The van der Waals surface area contributed by atoms with Crippen molar-refractivity contribution in [2.24, 2.45) is 5.92 Å². The van der Waals surface area contributed by atoms with Crippen LogP contribution in [0.15, 0.2) is 24.2 Å². The minimum atomic E-state index is 0.0619. The Labute approximate surface area is 94.9 Å². The SMILES string of the molecule is COC1=CC(=O)C(Cn2ccnc2C)CC1. The van der Waals surface area contributed by atoms with Crippen LogP contribution >= 0.6 is 0 Å². The zero-order valence-electron chi connectivity index (χ0n) is 9.64. The third kappa shape index (κ3) is 2.15. The van der Waals surface area contributed by atoms with Crippen LogP contribution in [0.3, 0.4) is 0 Å². The number of imidazole rings is 1. The summed E-state index contributed by atoms with van der Waals surface area (Å²) >= 11 is 0. The van der Waals surface area contributed by atoms with Gasteiger partial charge in [0.1, 0.15) is 5.82 Å². The summed E-state index contributed by atoms with van der Waals surface area (Å²) in [5.41, 5.74) is 0. The molecule has 86 valence electrons. The monoisotopic (exact) mass is 220 g/mol. The van der Waals surface area contributed by atoms with E-state index in [4.69, 9.17) is 4.74 Å². The smallest absolute Gasteiger partial charge is 0.163 e. The van der Waals surface area contributed by atoms with Gasteiger partial charge in [-0.25, -0.2) is 4.98 Å². The second kappa shape index (κ2) is 4.51. The number of aromatic nitrogens is 2. The average molecular weight is 220 g/mol. The fraction of sp³-hybridized carbons (Fsp3) is 0.500. The summed E-state index contributed by atoms with van der Waals surface area (Å²) in [5, 5.41) is 0. The summed E-state index contributed by atoms with van der Waals surface area (Å²) < 4.78 is 7.11. The molecular formula is C12H16N2O2. The van der Waals surface area contributed by atoms with Gasteiger partial charge in [0.2, 0.25) is 0 Å². The first kappa shape index (κ1) is 10.9. The third-order valence-electron chi connectivity index (χ3n) is 3.05. The van der Waals surface area contributed by atoms with Crippen LogP contribution in [0.5, 0.6) is 0 Å². The number of carbonyl (C=O) groups is 1. The molecule has 1 aromatic heterocycles. The molecule has 1 heterocycles. The quantitative estimate of drug-likeness (QED) is 0.778. The van der Waals surface area contributed by atoms with Crippen LogP contribution < -0.4 is 0 Å². The molecule has 2 rings (SSSR count). The molecule has 16 heavy (non-hydrogen) atoms. The van der Waals surface area contributed by atoms with Gasteiger partial charge in [-0.05, 0) is 13.3 Å². The molecule has 0 spiro atoms. The molecule has 4 heteroatoms. The number of rotatable bonds is 3. The lowest BCUT2D eigenvalue weighted by atomic mass is 9.92. The molecule has 0 N–H and O–H groups in total. The first-order chi connectivity index (χ1) is 7.70. The highest BCUT2D eigenvalue weighted by atomic mass is 16.5. The summed E-state index contributed by atoms with van der Waals surface area (Å²) in [6.07, 6.45) is 7.01. The van der Waals surface area contributed by atoms with E-state index in [2.05, 4.69) is 4.98 Å². The van der Waals surface area contributed by atoms with Crippen LogP contribution in [0, 0.1) is 12.8 Å². The van der Waals surface area contributed by atoms with Crippen molar-refractivity contribution in [3.05, 3.63) is 30.1 Å². The van der Waals surface area contributed by atoms with E-state index in [9.17, 15) is 4.79 Å². The Morgan fingerprint density at radius 3 is 3.00 bits per heavy atom. The molecule has 0 amide bonds. The molecule has 0 radical (unpaired) electrons. The maximum absolute atomic E-state index is 11.8. The number of carbonyl (C=O) groups excluding carboxylic acids is 1. The number of hydrogen-bond acceptors (Lipinski definition) is 3. The van der Waals surface area contributed by atoms with Crippen molar-refractivity contribution in [2.75, 3.05) is 7.11 Å². The highest BCUT2D eigenvalue weighted by molar-refractivity contribution is 5.92. The molecule has 0 aromatic carbocycles. The van der Waals surface area contributed by atoms with E-state index in [0.29, 0.717) is 0 Å². The summed E-state index contributed by atoms with van der Waals surface area (Å²) in [7, 11) is 1.61. The minimum absolute atomic E-state index is 0.0619. The van der Waals surface area contributed by atoms with Gasteiger partial charge in [0.15, 0.2) is 5.78 Å². The fourth-order valence-corrected chi connectivity index (χ4v) is 1.98. The molecule has 1 aliphatic rings. The number of methoxy groups -OCH3 is 1. The topological polar surface area (TPSA) is 44.1 Å². The minimum Gasteiger partial charge on any atom is -0.501 e. The Kier molecular flexibility index (Phi) is 3.08. The van der Waals surface area contributed by atoms with Crippen molar-refractivity contribution in [1.29, 1.82) is 0 Å². The van der Waals surface area contributed by atoms with Crippen LogP contribution in [0.2, 0.25) is 0 Å². The van der Waals surface area contributed by atoms with Gasteiger partial charge in [-0.3, -0.25) is 4.79 Å². The number of nitrogens with zero attached hydrogens (tertiary/aromatic N) is 2. The molecule has 0 bridgehead atoms. The Balaban J connectivity index is 2.06. The zero-order valence-corrected chi connectivity index (χ0v) is 9.64. The summed E-state index contributed by atoms with van der Waals surface area (Å²) in [5.74, 6) is 1.97. The highest BCUT2D eigenvalue weighted by Gasteiger charge is 2.23. The molecule has 0 fully saturated rings. The van der Waals surface area contributed by atoms with Crippen LogP contribution in [-0.2, 0) is 16.1 Å². The van der Waals surface area contributed by atoms with Gasteiger partial charge in [-0.1, -0.05) is 0 Å². The second-order valence-corrected chi connectivity index (χ2v) is 4.08. The Bertz CT molecular complexity index is 420. The van der Waals surface area contributed by atoms with E-state index < -0.39 is 0 Å². The molecule has 4 nitrogen and oxygen atoms in total. The second-order valence-electron chi connectivity index (χ2n) is 4.08. The summed E-state index contributed by atoms with van der Waals surface area (Å²) in [4.78, 5) is 16.0. The maximum atomic E-state index is 11.8. The predicted molar refractivity (Wildman–Crippen MR) is 59.8 cm³/mol. The molecule has 0 aliphatic heterocycles. The van der Waals surface area contributed by atoms with E-state index in [-0.39, 0.29) is 11.7 Å². The lowest BCUT2D eigenvalue weighted by molar-refractivity contribution is -0.119. The molecule has 0 saturated carbocycles. The van der Waals surface area contributed by atoms with Gasteiger partial charge in [0, 0.05) is 37.4 Å². The molecular weight excluding hydrogens is 204 g/mol. The van der Waals surface area contributed by atoms with Crippen LogP contribution in [0.4, 0.5) is 0 Å². The summed E-state index contributed by atoms with van der Waals surface area (Å²) in [6, 6.07) is 0. The van der Waals surface area contributed by atoms with E-state index in [1.54, 1.807) is 19.4 Å². The van der Waals surface area contributed by atoms with Gasteiger partial charge in [0.25, 0.3) is 0 Å². The number of allylic oxidation sites excluding steroid dienone is 2. The average Bonchev–Trinajstić information content (AvgIpc) is 2.67. The predicted octanol–water partition coefficient (Wildman–Crippen LogP) is 1.70. The van der Waals surface area contributed by atoms with E-state index in [1.165, 1.54) is 0 Å². The Hall–Kier alpha value is -1.58. The van der Waals surface area contributed by atoms with Crippen LogP contribution in [-0.4, -0.2) is 22.4 Å². The van der Waals surface area contributed by atoms with Gasteiger partial charge < -0.3 is 9.30 Å². The van der Waals surface area contributed by atoms with E-state index in [0.717, 1.165) is 31.0 Å². The van der Waals surface area contributed by atoms with Crippen LogP contribution in [0.1, 0.15) is 18.7 Å². The van der Waals surface area contributed by atoms with Crippen LogP contribution in [0.25, 0.3) is 0 Å². The third-order valence-corrected chi connectivity index (χ3v) is 3.05. The van der Waals surface area contributed by atoms with Gasteiger partial charge >= 0.3 is 0 Å². The summed E-state index contributed by atoms with van der Waals surface area (Å²) in [6.45, 7) is 2.67. The number of ether oxygens (including phenoxy) is 1. The standard InChI is InChI=1S/C12H16N2O2/c1-9-13-5-6-14(9)8-10-3-4-11(16-2)7-12(10)15/h5-7,10H,3-4,8H2,1-2H3.